The van der Waals surface area contributed by atoms with Crippen molar-refractivity contribution in [2.75, 3.05) is 7.11 Å². The van der Waals surface area contributed by atoms with E-state index in [1.165, 1.54) is 4.90 Å². The molecule has 2 atom stereocenters. The molecule has 0 radical (unpaired) electrons. The second-order valence-electron chi connectivity index (χ2n) is 5.36. The number of likely N-dealkylation sites (tertiary alicyclic amines) is 1. The molecule has 5 heteroatoms. The Balaban J connectivity index is 1.85. The Hall–Kier alpha value is -1.36. The van der Waals surface area contributed by atoms with Crippen molar-refractivity contribution in [2.45, 2.75) is 25.8 Å². The van der Waals surface area contributed by atoms with Gasteiger partial charge < -0.3 is 4.74 Å². The number of halogens is 1. The van der Waals surface area contributed by atoms with Gasteiger partial charge in [-0.25, -0.2) is 0 Å². The summed E-state index contributed by atoms with van der Waals surface area (Å²) in [5.74, 6) is 0.556. The molecule has 1 aliphatic heterocycles. The first-order valence-electron chi connectivity index (χ1n) is 6.79. The highest BCUT2D eigenvalue weighted by molar-refractivity contribution is 9.10. The lowest BCUT2D eigenvalue weighted by atomic mass is 10.00. The highest BCUT2D eigenvalue weighted by atomic mass is 79.9. The average molecular weight is 338 g/mol. The summed E-state index contributed by atoms with van der Waals surface area (Å²) in [6.07, 6.45) is 2.69. The standard InChI is InChI=1S/C15H16BrNO3/c1-20-10-5-6-13(16)9(7-10)8-17-14(18)11-3-2-4-12(11)15(17)19/h5-7,11-12H,2-4,8H2,1H3. The van der Waals surface area contributed by atoms with Crippen LogP contribution in [-0.2, 0) is 16.1 Å². The normalized spacial score (nSPS) is 25.2. The van der Waals surface area contributed by atoms with Crippen LogP contribution in [0.4, 0.5) is 0 Å². The van der Waals surface area contributed by atoms with Gasteiger partial charge in [-0.05, 0) is 36.6 Å². The van der Waals surface area contributed by atoms with Crippen molar-refractivity contribution < 1.29 is 14.3 Å². The van der Waals surface area contributed by atoms with E-state index in [0.29, 0.717) is 6.54 Å². The van der Waals surface area contributed by atoms with Gasteiger partial charge in [-0.2, -0.15) is 0 Å². The monoisotopic (exact) mass is 337 g/mol. The molecule has 106 valence electrons. The SMILES string of the molecule is COc1ccc(Br)c(CN2C(=O)C3CCCC3C2=O)c1. The number of fused-ring (bicyclic) bond motifs is 1. The molecule has 3 rings (SSSR count). The van der Waals surface area contributed by atoms with E-state index in [2.05, 4.69) is 15.9 Å². The number of hydrogen-bond acceptors (Lipinski definition) is 3. The van der Waals surface area contributed by atoms with E-state index < -0.39 is 0 Å². The van der Waals surface area contributed by atoms with Crippen LogP contribution in [0.3, 0.4) is 0 Å². The lowest BCUT2D eigenvalue weighted by Gasteiger charge is -2.17. The van der Waals surface area contributed by atoms with Crippen LogP contribution in [0.25, 0.3) is 0 Å². The number of methoxy groups -OCH3 is 1. The zero-order valence-corrected chi connectivity index (χ0v) is 12.9. The van der Waals surface area contributed by atoms with E-state index in [0.717, 1.165) is 35.0 Å². The summed E-state index contributed by atoms with van der Waals surface area (Å²) in [6.45, 7) is 0.322. The van der Waals surface area contributed by atoms with E-state index in [1.807, 2.05) is 18.2 Å². The maximum atomic E-state index is 12.3. The molecule has 0 N–H and O–H groups in total. The first-order valence-corrected chi connectivity index (χ1v) is 7.58. The molecule has 2 aliphatic rings. The predicted octanol–water partition coefficient (Wildman–Crippen LogP) is 2.74. The van der Waals surface area contributed by atoms with Crippen molar-refractivity contribution in [2.24, 2.45) is 11.8 Å². The minimum absolute atomic E-state index is 0.00720. The molecular formula is C15H16BrNO3. The molecule has 0 spiro atoms. The fourth-order valence-corrected chi connectivity index (χ4v) is 3.56. The quantitative estimate of drug-likeness (QED) is 0.796. The molecule has 0 aromatic heterocycles. The van der Waals surface area contributed by atoms with Gasteiger partial charge in [0.1, 0.15) is 5.75 Å². The Bertz CT molecular complexity index is 550. The number of carbonyl (C=O) groups excluding carboxylic acids is 2. The van der Waals surface area contributed by atoms with Crippen LogP contribution >= 0.6 is 15.9 Å². The summed E-state index contributed by atoms with van der Waals surface area (Å²) < 4.78 is 6.08. The van der Waals surface area contributed by atoms with Crippen LogP contribution in [0, 0.1) is 11.8 Å². The third kappa shape index (κ3) is 2.14. The van der Waals surface area contributed by atoms with Crippen molar-refractivity contribution in [3.63, 3.8) is 0 Å². The number of nitrogens with zero attached hydrogens (tertiary/aromatic N) is 1. The van der Waals surface area contributed by atoms with Crippen molar-refractivity contribution in [3.8, 4) is 5.75 Å². The molecule has 0 bridgehead atoms. The summed E-state index contributed by atoms with van der Waals surface area (Å²) in [6, 6.07) is 5.58. The summed E-state index contributed by atoms with van der Waals surface area (Å²) in [5.41, 5.74) is 0.894. The number of ether oxygens (including phenoxy) is 1. The van der Waals surface area contributed by atoms with Gasteiger partial charge >= 0.3 is 0 Å². The van der Waals surface area contributed by atoms with Crippen LogP contribution in [0.15, 0.2) is 22.7 Å². The molecule has 1 saturated carbocycles. The van der Waals surface area contributed by atoms with Crippen LogP contribution in [0.5, 0.6) is 5.75 Å². The Kier molecular flexibility index (Phi) is 3.54. The molecule has 1 aliphatic carbocycles. The molecule has 2 unspecified atom stereocenters. The maximum absolute atomic E-state index is 12.3. The van der Waals surface area contributed by atoms with Crippen LogP contribution in [-0.4, -0.2) is 23.8 Å². The smallest absolute Gasteiger partial charge is 0.233 e. The largest absolute Gasteiger partial charge is 0.497 e. The molecule has 2 amide bonds. The number of benzene rings is 1. The second kappa shape index (κ2) is 5.20. The van der Waals surface area contributed by atoms with Gasteiger partial charge in [0.25, 0.3) is 0 Å². The zero-order valence-electron chi connectivity index (χ0n) is 11.3. The first kappa shape index (κ1) is 13.6. The van der Waals surface area contributed by atoms with E-state index in [9.17, 15) is 9.59 Å². The van der Waals surface area contributed by atoms with Gasteiger partial charge in [0.05, 0.1) is 25.5 Å². The van der Waals surface area contributed by atoms with Gasteiger partial charge in [0.2, 0.25) is 11.8 Å². The predicted molar refractivity (Wildman–Crippen MR) is 77.1 cm³/mol. The molecular weight excluding hydrogens is 322 g/mol. The lowest BCUT2D eigenvalue weighted by Crippen LogP contribution is -2.31. The van der Waals surface area contributed by atoms with E-state index in [-0.39, 0.29) is 23.7 Å². The van der Waals surface area contributed by atoms with Crippen molar-refractivity contribution in [1.29, 1.82) is 0 Å². The number of imide groups is 1. The summed E-state index contributed by atoms with van der Waals surface area (Å²) in [5, 5.41) is 0. The molecule has 20 heavy (non-hydrogen) atoms. The summed E-state index contributed by atoms with van der Waals surface area (Å²) in [4.78, 5) is 26.1. The second-order valence-corrected chi connectivity index (χ2v) is 6.22. The summed E-state index contributed by atoms with van der Waals surface area (Å²) >= 11 is 3.46. The average Bonchev–Trinajstić information content (AvgIpc) is 3.01. The van der Waals surface area contributed by atoms with Gasteiger partial charge in [0.15, 0.2) is 0 Å². The van der Waals surface area contributed by atoms with Crippen molar-refractivity contribution in [1.82, 2.24) is 4.90 Å². The van der Waals surface area contributed by atoms with Crippen molar-refractivity contribution >= 4 is 27.7 Å². The minimum atomic E-state index is -0.0770. The molecule has 1 heterocycles. The number of amides is 2. The van der Waals surface area contributed by atoms with Crippen molar-refractivity contribution in [3.05, 3.63) is 28.2 Å². The fraction of sp³-hybridized carbons (Fsp3) is 0.467. The van der Waals surface area contributed by atoms with Gasteiger partial charge in [-0.1, -0.05) is 22.4 Å². The summed E-state index contributed by atoms with van der Waals surface area (Å²) in [7, 11) is 1.60. The molecule has 1 saturated heterocycles. The Morgan fingerprint density at radius 1 is 1.25 bits per heavy atom. The molecule has 1 aromatic rings. The van der Waals surface area contributed by atoms with Crippen LogP contribution < -0.4 is 4.74 Å². The number of carbonyl (C=O) groups is 2. The molecule has 4 nitrogen and oxygen atoms in total. The minimum Gasteiger partial charge on any atom is -0.497 e. The fourth-order valence-electron chi connectivity index (χ4n) is 3.19. The third-order valence-corrected chi connectivity index (χ3v) is 5.04. The molecule has 2 fully saturated rings. The van der Waals surface area contributed by atoms with Crippen LogP contribution in [0.2, 0.25) is 0 Å². The van der Waals surface area contributed by atoms with E-state index >= 15 is 0 Å². The number of rotatable bonds is 3. The van der Waals surface area contributed by atoms with Crippen LogP contribution in [0.1, 0.15) is 24.8 Å². The Labute approximate surface area is 126 Å². The highest BCUT2D eigenvalue weighted by Gasteiger charge is 2.49. The topological polar surface area (TPSA) is 46.6 Å². The Morgan fingerprint density at radius 2 is 1.90 bits per heavy atom. The van der Waals surface area contributed by atoms with Gasteiger partial charge in [-0.15, -0.1) is 0 Å². The van der Waals surface area contributed by atoms with Gasteiger partial charge in [0, 0.05) is 4.47 Å². The van der Waals surface area contributed by atoms with E-state index in [1.54, 1.807) is 7.11 Å². The molecule has 1 aromatic carbocycles. The number of hydrogen-bond donors (Lipinski definition) is 0. The Morgan fingerprint density at radius 3 is 2.50 bits per heavy atom. The lowest BCUT2D eigenvalue weighted by molar-refractivity contribution is -0.141. The maximum Gasteiger partial charge on any atom is 0.233 e. The zero-order chi connectivity index (χ0) is 14.3. The van der Waals surface area contributed by atoms with E-state index in [4.69, 9.17) is 4.74 Å². The third-order valence-electron chi connectivity index (χ3n) is 4.26. The first-order chi connectivity index (χ1) is 9.61. The highest BCUT2D eigenvalue weighted by Crippen LogP contribution is 2.40. The van der Waals surface area contributed by atoms with Gasteiger partial charge in [-0.3, -0.25) is 14.5 Å².